The third-order valence-electron chi connectivity index (χ3n) is 12.1. The monoisotopic (exact) mass is 770 g/mol. The van der Waals surface area contributed by atoms with Gasteiger partial charge in [0.2, 0.25) is 0 Å². The molecule has 11 heteroatoms. The van der Waals surface area contributed by atoms with Gasteiger partial charge in [-0.1, -0.05) is 92.2 Å². The number of aromatic nitrogens is 3. The fourth-order valence-electron chi connectivity index (χ4n) is 8.28. The Kier molecular flexibility index (Phi) is 13.9. The van der Waals surface area contributed by atoms with E-state index in [0.717, 1.165) is 46.7 Å². The fourth-order valence-corrected chi connectivity index (χ4v) is 8.28. The van der Waals surface area contributed by atoms with E-state index < -0.39 is 11.9 Å². The number of ketones is 1. The Morgan fingerprint density at radius 2 is 1.66 bits per heavy atom. The van der Waals surface area contributed by atoms with Crippen molar-refractivity contribution in [3.05, 3.63) is 95.2 Å². The molecule has 3 aromatic heterocycles. The minimum Gasteiger partial charge on any atom is -0.664 e. The molecular weight excluding hydrogens is 717 g/mol. The maximum atomic E-state index is 14.3. The average molecular weight is 771 g/mol. The number of carbonyl (C=O) groups is 3. The molecule has 2 aliphatic heterocycles. The summed E-state index contributed by atoms with van der Waals surface area (Å²) >= 11 is 0. The van der Waals surface area contributed by atoms with Gasteiger partial charge in [-0.15, -0.1) is 33.5 Å². The number of fused-ring (bicyclic) bond motifs is 7. The first kappa shape index (κ1) is 43.1. The molecule has 0 aromatic carbocycles. The number of rotatable bonds is 13. The van der Waals surface area contributed by atoms with Crippen molar-refractivity contribution >= 4 is 64.6 Å². The van der Waals surface area contributed by atoms with Gasteiger partial charge in [0, 0.05) is 12.0 Å². The van der Waals surface area contributed by atoms with E-state index in [1.165, 1.54) is 25.5 Å². The minimum absolute atomic E-state index is 0. The molecule has 10 nitrogen and oxygen atoms in total. The molecule has 294 valence electrons. The van der Waals surface area contributed by atoms with Crippen LogP contribution in [0.1, 0.15) is 134 Å². The summed E-state index contributed by atoms with van der Waals surface area (Å²) in [7, 11) is 1.28. The van der Waals surface area contributed by atoms with Gasteiger partial charge in [-0.25, -0.2) is 0 Å². The maximum Gasteiger partial charge on any atom is 2.00 e. The molecule has 5 heterocycles. The van der Waals surface area contributed by atoms with E-state index in [-0.39, 0.29) is 66.3 Å². The van der Waals surface area contributed by atoms with E-state index in [1.54, 1.807) is 0 Å². The summed E-state index contributed by atoms with van der Waals surface area (Å²) in [5.41, 5.74) is 9.82. The van der Waals surface area contributed by atoms with Gasteiger partial charge in [-0.05, 0) is 82.8 Å². The van der Waals surface area contributed by atoms with Gasteiger partial charge >= 0.3 is 35.0 Å². The van der Waals surface area contributed by atoms with Crippen LogP contribution in [0.2, 0.25) is 0 Å². The average Bonchev–Trinajstić information content (AvgIpc) is 3.90. The summed E-state index contributed by atoms with van der Waals surface area (Å²) in [4.78, 5) is 55.9. The number of hydrogen-bond acceptors (Lipinski definition) is 6. The van der Waals surface area contributed by atoms with Gasteiger partial charge in [0.05, 0.1) is 13.7 Å². The zero-order valence-electron chi connectivity index (χ0n) is 34.5. The largest absolute Gasteiger partial charge is 2.00 e. The Hall–Kier alpha value is -4.06. The molecule has 3 aliphatic rings. The second kappa shape index (κ2) is 18.0. The van der Waals surface area contributed by atoms with Crippen LogP contribution in [-0.2, 0) is 32.1 Å². The predicted octanol–water partition coefficient (Wildman–Crippen LogP) is 5.99. The van der Waals surface area contributed by atoms with E-state index in [9.17, 15) is 19.5 Å². The Morgan fingerprint density at radius 3 is 2.34 bits per heavy atom. The van der Waals surface area contributed by atoms with Crippen molar-refractivity contribution in [1.29, 1.82) is 0 Å². The molecule has 3 aromatic rings. The summed E-state index contributed by atoms with van der Waals surface area (Å²) in [5.74, 6) is -2.47. The molecule has 0 saturated carbocycles. The molecule has 1 fully saturated rings. The summed E-state index contributed by atoms with van der Waals surface area (Å²) in [6.45, 7) is 16.5. The first-order valence-electron chi connectivity index (χ1n) is 19.7. The molecule has 8 bridgehead atoms. The Balaban J connectivity index is 0.00000600. The van der Waals surface area contributed by atoms with E-state index in [2.05, 4.69) is 27.7 Å². The quantitative estimate of drug-likeness (QED) is 0.0959. The summed E-state index contributed by atoms with van der Waals surface area (Å²) in [6.07, 6.45) is 13.4. The van der Waals surface area contributed by atoms with Crippen molar-refractivity contribution in [3.63, 3.8) is 0 Å². The number of methoxy groups -OCH3 is 1. The Bertz CT molecular complexity index is 2230. The molecule has 56 heavy (non-hydrogen) atoms. The van der Waals surface area contributed by atoms with Crippen LogP contribution in [0.25, 0.3) is 29.1 Å². The van der Waals surface area contributed by atoms with Gasteiger partial charge in [0.1, 0.15) is 12.5 Å². The van der Waals surface area contributed by atoms with Gasteiger partial charge in [0.25, 0.3) is 0 Å². The van der Waals surface area contributed by atoms with Gasteiger partial charge in [0.15, 0.2) is 5.78 Å². The smallest absolute Gasteiger partial charge is 0.664 e. The molecular formula is C45H54MgN4O6-2. The summed E-state index contributed by atoms with van der Waals surface area (Å²) < 4.78 is 10.9. The van der Waals surface area contributed by atoms with Crippen molar-refractivity contribution < 1.29 is 29.0 Å². The van der Waals surface area contributed by atoms with E-state index in [0.29, 0.717) is 68.8 Å². The van der Waals surface area contributed by atoms with Crippen molar-refractivity contribution in [2.24, 2.45) is 23.7 Å². The fraction of sp³-hybridized carbons (Fsp3) is 0.489. The molecule has 0 radical (unpaired) electrons. The number of aliphatic hydroxyl groups is 1. The second-order valence-electron chi connectivity index (χ2n) is 15.5. The number of aliphatic hydroxyl groups excluding tert-OH is 1. The number of hydrogen-bond donors (Lipinski definition) is 1. The van der Waals surface area contributed by atoms with Crippen molar-refractivity contribution in [2.45, 2.75) is 107 Å². The normalized spacial score (nSPS) is 22.6. The van der Waals surface area contributed by atoms with Crippen LogP contribution in [0.5, 0.6) is 0 Å². The van der Waals surface area contributed by atoms with E-state index in [4.69, 9.17) is 29.7 Å². The van der Waals surface area contributed by atoms with Crippen LogP contribution in [0.4, 0.5) is 0 Å². The molecule has 0 amide bonds. The van der Waals surface area contributed by atoms with Gasteiger partial charge in [-0.2, -0.15) is 11.4 Å². The molecule has 1 N–H and O–H groups in total. The Morgan fingerprint density at radius 1 is 0.946 bits per heavy atom. The molecule has 0 spiro atoms. The number of Topliss-reactive ketones (excluding diaryl/α,β-unsaturated/α-hetero) is 1. The first-order valence-corrected chi connectivity index (χ1v) is 19.7. The van der Waals surface area contributed by atoms with Crippen LogP contribution < -0.4 is 25.7 Å². The zero-order chi connectivity index (χ0) is 39.7. The van der Waals surface area contributed by atoms with Crippen LogP contribution in [0.3, 0.4) is 0 Å². The van der Waals surface area contributed by atoms with Crippen LogP contribution >= 0.6 is 0 Å². The Labute approximate surface area is 346 Å². The molecule has 6 rings (SSSR count). The summed E-state index contributed by atoms with van der Waals surface area (Å²) in [5, 5.41) is 17.2. The van der Waals surface area contributed by atoms with E-state index >= 15 is 0 Å². The topological polar surface area (TPSA) is 146 Å². The number of esters is 2. The van der Waals surface area contributed by atoms with Crippen molar-refractivity contribution in [3.8, 4) is 0 Å². The number of carbonyl (C=O) groups excluding carboxylic acids is 3. The van der Waals surface area contributed by atoms with Crippen LogP contribution in [0.15, 0.2) is 23.0 Å². The maximum absolute atomic E-state index is 14.3. The molecule has 4 atom stereocenters. The van der Waals surface area contributed by atoms with Crippen molar-refractivity contribution in [1.82, 2.24) is 15.0 Å². The number of allylic oxidation sites excluding steroid dienone is 3. The molecule has 1 saturated heterocycles. The molecule has 0 unspecified atom stereocenters. The predicted molar refractivity (Wildman–Crippen MR) is 219 cm³/mol. The van der Waals surface area contributed by atoms with Crippen LogP contribution in [-0.4, -0.2) is 59.6 Å². The number of ether oxygens (including phenoxy) is 2. The number of nitrogens with zero attached hydrogens (tertiary/aromatic N) is 4. The van der Waals surface area contributed by atoms with Crippen molar-refractivity contribution in [2.75, 3.05) is 13.7 Å². The standard InChI is InChI=1S/C45H55N4O6.Mg/c1-10-23(3)13-12-14-24(4)17-18-55-38(51)16-15-30-26(6)34-19-32-27(7)31(22-50)37(47-32)20-33-25(5)29(11-2)36(46-33)21-35-28(8)39-43(49-35)40(42(30)48-34)41(44(39)52)45(53)54-9;/h17,19-21,23,26,30,41,50H,10-16,18,22H2,1-9H3,(H-,48,49,52);/q-3;+2/p-1/b24-17+,33-20-,34-19-,36-21-;/t23-,26+,30+,41-;/m1./s1. The minimum atomic E-state index is -1.24. The zero-order valence-corrected chi connectivity index (χ0v) is 35.9. The summed E-state index contributed by atoms with van der Waals surface area (Å²) in [6, 6.07) is 0. The van der Waals surface area contributed by atoms with E-state index in [1.807, 2.05) is 52.0 Å². The van der Waals surface area contributed by atoms with Gasteiger partial charge < -0.3 is 34.8 Å². The first-order chi connectivity index (χ1) is 26.3. The van der Waals surface area contributed by atoms with Crippen LogP contribution in [0, 0.1) is 44.4 Å². The molecule has 1 aliphatic carbocycles. The third kappa shape index (κ3) is 8.18. The second-order valence-corrected chi connectivity index (χ2v) is 15.5. The third-order valence-corrected chi connectivity index (χ3v) is 12.1. The van der Waals surface area contributed by atoms with Gasteiger partial charge in [-0.3, -0.25) is 14.4 Å². The SMILES string of the molecule is CCc1c(C)/c2[n-]/c1=C\c1[n-]c3c(c1C)C(=O)[C@H](C(=O)OC)/C3=C1/[N-]/C(=C\c3[n-]c(c(CO)c3C)\C=2)[C@@H](C)[C@@H]1CCC(=O)OC/C=C(\C)CCC[C@H](C)CC.[Mg+2].